The number of rotatable bonds is 5. The maximum Gasteiger partial charge on any atom is 0.238 e. The standard InChI is InChI=1S/C45H28N4O/c1-3-13-29(14-4-1)31-17-11-18-32(27-31)43-46-44(33-25-26-37-36-20-8-10-24-40(36)50-41(37)28-33)48-45(47-43)49-39-23-9-7-19-35(39)38-22-12-21-34(42(38)49)30-15-5-2-6-16-30/h1-28H/i2D,5D,6D,7D,9D,15D,16D,19D,23D. The van der Waals surface area contributed by atoms with Gasteiger partial charge in [0.25, 0.3) is 0 Å². The van der Waals surface area contributed by atoms with Gasteiger partial charge in [0.15, 0.2) is 11.6 Å². The largest absolute Gasteiger partial charge is 0.456 e. The Labute approximate surface area is 300 Å². The van der Waals surface area contributed by atoms with E-state index < -0.39 is 42.3 Å². The van der Waals surface area contributed by atoms with E-state index in [-0.39, 0.29) is 57.2 Å². The SMILES string of the molecule is [2H]c1c([2H])c([2H])c(-c2cccc3c4c([2H])c([2H])c([2H])c([2H])c4n(-c4nc(-c5cccc(-c6ccccc6)c5)nc(-c5ccc6c(c5)oc5ccccc56)n4)c23)c([2H])c1[2H]. The van der Waals surface area contributed by atoms with Crippen LogP contribution < -0.4 is 0 Å². The molecular formula is C45H28N4O. The Morgan fingerprint density at radius 2 is 1.14 bits per heavy atom. The van der Waals surface area contributed by atoms with Gasteiger partial charge in [0.05, 0.1) is 23.4 Å². The van der Waals surface area contributed by atoms with Crippen LogP contribution >= 0.6 is 0 Å². The summed E-state index contributed by atoms with van der Waals surface area (Å²) in [5, 5.41) is 2.34. The van der Waals surface area contributed by atoms with E-state index in [0.29, 0.717) is 27.7 Å². The van der Waals surface area contributed by atoms with Crippen molar-refractivity contribution in [3.8, 4) is 51.0 Å². The first-order valence-electron chi connectivity index (χ1n) is 20.5. The van der Waals surface area contributed by atoms with Crippen LogP contribution in [0.1, 0.15) is 12.3 Å². The summed E-state index contributed by atoms with van der Waals surface area (Å²) in [7, 11) is 0. The Hall–Kier alpha value is -6.85. The first-order valence-corrected chi connectivity index (χ1v) is 16.0. The van der Waals surface area contributed by atoms with Crippen molar-refractivity contribution >= 4 is 43.7 Å². The minimum absolute atomic E-state index is 0.0235. The highest BCUT2D eigenvalue weighted by atomic mass is 16.3. The molecule has 5 nitrogen and oxygen atoms in total. The maximum atomic E-state index is 9.25. The van der Waals surface area contributed by atoms with Crippen molar-refractivity contribution in [2.75, 3.05) is 0 Å². The molecule has 0 aliphatic carbocycles. The minimum atomic E-state index is -0.554. The molecule has 10 rings (SSSR count). The summed E-state index contributed by atoms with van der Waals surface area (Å²) < 4.78 is 86.6. The fourth-order valence-electron chi connectivity index (χ4n) is 6.61. The highest BCUT2D eigenvalue weighted by molar-refractivity contribution is 6.13. The third-order valence-electron chi connectivity index (χ3n) is 8.88. The minimum Gasteiger partial charge on any atom is -0.456 e. The number of hydrogen-bond acceptors (Lipinski definition) is 4. The van der Waals surface area contributed by atoms with E-state index in [1.165, 1.54) is 4.57 Å². The van der Waals surface area contributed by atoms with Crippen LogP contribution in [0.3, 0.4) is 0 Å². The Balaban J connectivity index is 1.34. The highest BCUT2D eigenvalue weighted by Gasteiger charge is 2.21. The molecule has 0 fully saturated rings. The molecule has 0 aliphatic heterocycles. The van der Waals surface area contributed by atoms with Crippen molar-refractivity contribution in [1.29, 1.82) is 0 Å². The van der Waals surface area contributed by atoms with Gasteiger partial charge in [-0.3, -0.25) is 4.57 Å². The molecule has 0 radical (unpaired) electrons. The normalized spacial score (nSPS) is 14.1. The summed E-state index contributed by atoms with van der Waals surface area (Å²) in [6.07, 6.45) is 0. The summed E-state index contributed by atoms with van der Waals surface area (Å²) in [6.45, 7) is 0. The lowest BCUT2D eigenvalue weighted by atomic mass is 10.0. The van der Waals surface area contributed by atoms with Crippen LogP contribution in [-0.4, -0.2) is 19.5 Å². The molecule has 0 aliphatic rings. The molecule has 3 aromatic heterocycles. The molecule has 3 heterocycles. The second kappa shape index (κ2) is 11.4. The third-order valence-corrected chi connectivity index (χ3v) is 8.88. The van der Waals surface area contributed by atoms with Gasteiger partial charge in [-0.25, -0.2) is 4.98 Å². The second-order valence-corrected chi connectivity index (χ2v) is 11.8. The Morgan fingerprint density at radius 1 is 0.460 bits per heavy atom. The molecule has 5 heteroatoms. The number of para-hydroxylation sites is 3. The lowest BCUT2D eigenvalue weighted by molar-refractivity contribution is 0.669. The molecule has 10 aromatic rings. The zero-order chi connectivity index (χ0) is 40.9. The molecule has 234 valence electrons. The van der Waals surface area contributed by atoms with Crippen molar-refractivity contribution < 1.29 is 16.8 Å². The quantitative estimate of drug-likeness (QED) is 0.186. The van der Waals surface area contributed by atoms with E-state index in [1.54, 1.807) is 18.2 Å². The van der Waals surface area contributed by atoms with Crippen molar-refractivity contribution in [2.24, 2.45) is 0 Å². The Morgan fingerprint density at radius 3 is 2.02 bits per heavy atom. The molecule has 0 spiro atoms. The van der Waals surface area contributed by atoms with Gasteiger partial charge < -0.3 is 4.42 Å². The molecule has 0 saturated heterocycles. The van der Waals surface area contributed by atoms with Crippen LogP contribution in [0.4, 0.5) is 0 Å². The molecule has 0 N–H and O–H groups in total. The third kappa shape index (κ3) is 4.60. The van der Waals surface area contributed by atoms with Gasteiger partial charge in [-0.2, -0.15) is 9.97 Å². The van der Waals surface area contributed by atoms with Gasteiger partial charge in [0.2, 0.25) is 5.95 Å². The van der Waals surface area contributed by atoms with E-state index in [9.17, 15) is 1.37 Å². The van der Waals surface area contributed by atoms with Crippen LogP contribution in [0.5, 0.6) is 0 Å². The van der Waals surface area contributed by atoms with Gasteiger partial charge in [-0.05, 0) is 47.0 Å². The first-order chi connectivity index (χ1) is 28.5. The molecule has 7 aromatic carbocycles. The Kier molecular flexibility index (Phi) is 4.67. The number of hydrogen-bond donors (Lipinski definition) is 0. The summed E-state index contributed by atoms with van der Waals surface area (Å²) in [4.78, 5) is 15.0. The fraction of sp³-hybridized carbons (Fsp3) is 0. The maximum absolute atomic E-state index is 9.25. The van der Waals surface area contributed by atoms with Gasteiger partial charge in [-0.15, -0.1) is 0 Å². The van der Waals surface area contributed by atoms with Crippen LogP contribution in [0, 0.1) is 0 Å². The zero-order valence-electron chi connectivity index (χ0n) is 35.2. The predicted molar refractivity (Wildman–Crippen MR) is 203 cm³/mol. The van der Waals surface area contributed by atoms with Crippen molar-refractivity contribution in [3.63, 3.8) is 0 Å². The van der Waals surface area contributed by atoms with E-state index in [0.717, 1.165) is 21.9 Å². The van der Waals surface area contributed by atoms with E-state index in [1.807, 2.05) is 97.1 Å². The summed E-state index contributed by atoms with van der Waals surface area (Å²) in [5.74, 6) is 0.460. The molecule has 0 amide bonds. The summed E-state index contributed by atoms with van der Waals surface area (Å²) in [6, 6.07) is 31.7. The smallest absolute Gasteiger partial charge is 0.238 e. The molecule has 50 heavy (non-hydrogen) atoms. The van der Waals surface area contributed by atoms with Crippen LogP contribution in [0.25, 0.3) is 94.7 Å². The van der Waals surface area contributed by atoms with E-state index >= 15 is 0 Å². The topological polar surface area (TPSA) is 56.7 Å². The Bertz CT molecular complexity index is 3370. The highest BCUT2D eigenvalue weighted by Crippen LogP contribution is 2.38. The van der Waals surface area contributed by atoms with E-state index in [2.05, 4.69) is 0 Å². The van der Waals surface area contributed by atoms with Gasteiger partial charge in [-0.1, -0.05) is 139 Å². The van der Waals surface area contributed by atoms with Crippen LogP contribution in [0.2, 0.25) is 0 Å². The first kappa shape index (κ1) is 20.5. The summed E-state index contributed by atoms with van der Waals surface area (Å²) in [5.41, 5.74) is 4.75. The lowest BCUT2D eigenvalue weighted by Crippen LogP contribution is -2.07. The van der Waals surface area contributed by atoms with Gasteiger partial charge in [0, 0.05) is 38.2 Å². The lowest BCUT2D eigenvalue weighted by Gasteiger charge is -2.13. The van der Waals surface area contributed by atoms with Crippen molar-refractivity contribution in [1.82, 2.24) is 19.5 Å². The fourth-order valence-corrected chi connectivity index (χ4v) is 6.61. The zero-order valence-corrected chi connectivity index (χ0v) is 26.2. The number of nitrogens with zero attached hydrogens (tertiary/aromatic N) is 4. The van der Waals surface area contributed by atoms with Crippen LogP contribution in [-0.2, 0) is 0 Å². The molecule has 0 saturated carbocycles. The van der Waals surface area contributed by atoms with Crippen molar-refractivity contribution in [3.05, 3.63) is 170 Å². The average Bonchev–Trinajstić information content (AvgIpc) is 3.83. The average molecular weight is 650 g/mol. The van der Waals surface area contributed by atoms with Gasteiger partial charge >= 0.3 is 0 Å². The molecule has 0 unspecified atom stereocenters. The molecule has 0 atom stereocenters. The molecule has 0 bridgehead atoms. The van der Waals surface area contributed by atoms with E-state index in [4.69, 9.17) is 30.3 Å². The monoisotopic (exact) mass is 649 g/mol. The summed E-state index contributed by atoms with van der Waals surface area (Å²) >= 11 is 0. The number of fused-ring (bicyclic) bond motifs is 6. The number of benzene rings is 7. The number of furan rings is 1. The van der Waals surface area contributed by atoms with Crippen LogP contribution in [0.15, 0.2) is 174 Å². The molecular weight excluding hydrogens is 613 g/mol. The second-order valence-electron chi connectivity index (χ2n) is 11.8. The van der Waals surface area contributed by atoms with Gasteiger partial charge in [0.1, 0.15) is 11.2 Å². The number of aromatic nitrogens is 4. The predicted octanol–water partition coefficient (Wildman–Crippen LogP) is 11.5. The van der Waals surface area contributed by atoms with Crippen molar-refractivity contribution in [2.45, 2.75) is 0 Å².